The number of methoxy groups -OCH3 is 1. The normalized spacial score (nSPS) is 13.4. The molecular formula is C21H22ClNO3. The average Bonchev–Trinajstić information content (AvgIpc) is 3.15. The lowest BCUT2D eigenvalue weighted by atomic mass is 10.0. The molecule has 0 aliphatic rings. The molecule has 0 saturated carbocycles. The molecule has 2 atom stereocenters. The Balaban J connectivity index is 1.62. The van der Waals surface area contributed by atoms with Crippen LogP contribution < -0.4 is 10.1 Å². The van der Waals surface area contributed by atoms with Crippen molar-refractivity contribution in [1.82, 2.24) is 5.32 Å². The van der Waals surface area contributed by atoms with Crippen LogP contribution in [0.15, 0.2) is 65.1 Å². The number of aliphatic hydroxyl groups excluding tert-OH is 1. The molecule has 26 heavy (non-hydrogen) atoms. The molecule has 1 heterocycles. The molecule has 0 amide bonds. The van der Waals surface area contributed by atoms with E-state index in [0.717, 1.165) is 22.6 Å². The van der Waals surface area contributed by atoms with Crippen molar-refractivity contribution in [1.29, 1.82) is 0 Å². The van der Waals surface area contributed by atoms with Gasteiger partial charge in [-0.15, -0.1) is 0 Å². The number of ether oxygens (including phenoxy) is 1. The zero-order chi connectivity index (χ0) is 18.5. The van der Waals surface area contributed by atoms with Crippen LogP contribution in [0, 0.1) is 0 Å². The van der Waals surface area contributed by atoms with Gasteiger partial charge in [0.25, 0.3) is 0 Å². The minimum absolute atomic E-state index is 0.110. The van der Waals surface area contributed by atoms with Gasteiger partial charge in [0, 0.05) is 11.6 Å². The van der Waals surface area contributed by atoms with Crippen molar-refractivity contribution in [3.8, 4) is 17.1 Å². The molecule has 0 fully saturated rings. The predicted molar refractivity (Wildman–Crippen MR) is 103 cm³/mol. The molecule has 136 valence electrons. The van der Waals surface area contributed by atoms with Crippen LogP contribution in [-0.4, -0.2) is 18.3 Å². The van der Waals surface area contributed by atoms with E-state index < -0.39 is 6.10 Å². The van der Waals surface area contributed by atoms with E-state index in [1.807, 2.05) is 67.6 Å². The Morgan fingerprint density at radius 1 is 1.12 bits per heavy atom. The Bertz CT molecular complexity index is 847. The number of benzene rings is 2. The fourth-order valence-electron chi connectivity index (χ4n) is 2.76. The van der Waals surface area contributed by atoms with Gasteiger partial charge in [0.15, 0.2) is 0 Å². The molecule has 2 N–H and O–H groups in total. The molecular weight excluding hydrogens is 350 g/mol. The number of furan rings is 1. The molecule has 3 aromatic rings. The number of aliphatic hydroxyl groups is 1. The first-order chi connectivity index (χ1) is 12.6. The molecule has 0 bridgehead atoms. The number of rotatable bonds is 7. The van der Waals surface area contributed by atoms with E-state index in [2.05, 4.69) is 5.32 Å². The summed E-state index contributed by atoms with van der Waals surface area (Å²) >= 11 is 6.18. The van der Waals surface area contributed by atoms with Gasteiger partial charge in [-0.1, -0.05) is 41.9 Å². The van der Waals surface area contributed by atoms with Gasteiger partial charge < -0.3 is 19.6 Å². The van der Waals surface area contributed by atoms with E-state index in [0.29, 0.717) is 17.3 Å². The van der Waals surface area contributed by atoms with Gasteiger partial charge in [0.1, 0.15) is 17.3 Å². The van der Waals surface area contributed by atoms with Gasteiger partial charge in [-0.3, -0.25) is 0 Å². The molecule has 5 heteroatoms. The van der Waals surface area contributed by atoms with Gasteiger partial charge in [0.2, 0.25) is 0 Å². The van der Waals surface area contributed by atoms with Crippen molar-refractivity contribution in [2.24, 2.45) is 0 Å². The van der Waals surface area contributed by atoms with E-state index in [1.54, 1.807) is 7.11 Å². The Kier molecular flexibility index (Phi) is 5.99. The molecule has 0 spiro atoms. The largest absolute Gasteiger partial charge is 0.495 e. The molecule has 1 aromatic heterocycles. The van der Waals surface area contributed by atoms with Gasteiger partial charge >= 0.3 is 0 Å². The maximum Gasteiger partial charge on any atom is 0.137 e. The highest BCUT2D eigenvalue weighted by Crippen LogP contribution is 2.31. The standard InChI is InChI=1S/C21H22ClNO3/c1-14(21(24)15-6-4-3-5-7-15)23-13-17-9-11-19(26-17)16-8-10-20(25-2)18(22)12-16/h3-12,14,21,23-24H,13H2,1-2H3/t14-,21+/m0/s1. The van der Waals surface area contributed by atoms with E-state index in [1.165, 1.54) is 0 Å². The van der Waals surface area contributed by atoms with Crippen LogP contribution in [0.1, 0.15) is 24.4 Å². The van der Waals surface area contributed by atoms with Crippen molar-refractivity contribution in [3.05, 3.63) is 77.0 Å². The van der Waals surface area contributed by atoms with Crippen LogP contribution in [-0.2, 0) is 6.54 Å². The lowest BCUT2D eigenvalue weighted by Gasteiger charge is -2.20. The average molecular weight is 372 g/mol. The summed E-state index contributed by atoms with van der Waals surface area (Å²) in [4.78, 5) is 0. The molecule has 0 saturated heterocycles. The topological polar surface area (TPSA) is 54.6 Å². The lowest BCUT2D eigenvalue weighted by molar-refractivity contribution is 0.134. The summed E-state index contributed by atoms with van der Waals surface area (Å²) in [6.07, 6.45) is -0.578. The fourth-order valence-corrected chi connectivity index (χ4v) is 3.02. The van der Waals surface area contributed by atoms with Crippen LogP contribution in [0.5, 0.6) is 5.75 Å². The first-order valence-corrected chi connectivity index (χ1v) is 8.85. The van der Waals surface area contributed by atoms with Crippen LogP contribution in [0.2, 0.25) is 5.02 Å². The van der Waals surface area contributed by atoms with Crippen LogP contribution in [0.25, 0.3) is 11.3 Å². The SMILES string of the molecule is COc1ccc(-c2ccc(CN[C@@H](C)[C@@H](O)c3ccccc3)o2)cc1Cl. The van der Waals surface area contributed by atoms with Crippen molar-refractivity contribution >= 4 is 11.6 Å². The molecule has 0 aliphatic heterocycles. The highest BCUT2D eigenvalue weighted by Gasteiger charge is 2.16. The van der Waals surface area contributed by atoms with Crippen LogP contribution in [0.4, 0.5) is 0 Å². The van der Waals surface area contributed by atoms with Crippen molar-refractivity contribution in [2.45, 2.75) is 25.6 Å². The van der Waals surface area contributed by atoms with E-state index in [4.69, 9.17) is 20.8 Å². The Morgan fingerprint density at radius 2 is 1.88 bits per heavy atom. The van der Waals surface area contributed by atoms with Crippen LogP contribution in [0.3, 0.4) is 0 Å². The summed E-state index contributed by atoms with van der Waals surface area (Å²) in [5.74, 6) is 2.16. The molecule has 4 nitrogen and oxygen atoms in total. The predicted octanol–water partition coefficient (Wildman–Crippen LogP) is 4.82. The maximum atomic E-state index is 10.4. The molecule has 0 radical (unpaired) electrons. The highest BCUT2D eigenvalue weighted by molar-refractivity contribution is 6.32. The number of hydrogen-bond acceptors (Lipinski definition) is 4. The number of halogens is 1. The third-order valence-corrected chi connectivity index (χ3v) is 4.61. The Hall–Kier alpha value is -2.27. The van der Waals surface area contributed by atoms with E-state index in [-0.39, 0.29) is 6.04 Å². The van der Waals surface area contributed by atoms with E-state index >= 15 is 0 Å². The summed E-state index contributed by atoms with van der Waals surface area (Å²) in [6, 6.07) is 18.9. The van der Waals surface area contributed by atoms with Crippen molar-refractivity contribution < 1.29 is 14.3 Å². The van der Waals surface area contributed by atoms with Crippen molar-refractivity contribution in [3.63, 3.8) is 0 Å². The summed E-state index contributed by atoms with van der Waals surface area (Å²) in [6.45, 7) is 2.47. The second kappa shape index (κ2) is 8.41. The fraction of sp³-hybridized carbons (Fsp3) is 0.238. The molecule has 2 aromatic carbocycles. The Morgan fingerprint density at radius 3 is 2.58 bits per heavy atom. The third kappa shape index (κ3) is 4.28. The second-order valence-corrected chi connectivity index (χ2v) is 6.55. The van der Waals surface area contributed by atoms with Gasteiger partial charge in [0.05, 0.1) is 24.8 Å². The molecule has 3 rings (SSSR count). The van der Waals surface area contributed by atoms with Crippen LogP contribution >= 0.6 is 11.6 Å². The third-order valence-electron chi connectivity index (χ3n) is 4.31. The number of hydrogen-bond donors (Lipinski definition) is 2. The monoisotopic (exact) mass is 371 g/mol. The quantitative estimate of drug-likeness (QED) is 0.625. The molecule has 0 unspecified atom stereocenters. The first-order valence-electron chi connectivity index (χ1n) is 8.47. The summed E-state index contributed by atoms with van der Waals surface area (Å²) in [5, 5.41) is 14.3. The van der Waals surface area contributed by atoms with E-state index in [9.17, 15) is 5.11 Å². The minimum Gasteiger partial charge on any atom is -0.495 e. The number of nitrogens with one attached hydrogen (secondary N) is 1. The first kappa shape index (κ1) is 18.5. The summed E-state index contributed by atoms with van der Waals surface area (Å²) in [7, 11) is 1.59. The zero-order valence-corrected chi connectivity index (χ0v) is 15.5. The Labute approximate surface area is 158 Å². The molecule has 0 aliphatic carbocycles. The zero-order valence-electron chi connectivity index (χ0n) is 14.8. The van der Waals surface area contributed by atoms with Gasteiger partial charge in [-0.25, -0.2) is 0 Å². The maximum absolute atomic E-state index is 10.4. The second-order valence-electron chi connectivity index (χ2n) is 6.14. The summed E-state index contributed by atoms with van der Waals surface area (Å²) < 4.78 is 11.1. The highest BCUT2D eigenvalue weighted by atomic mass is 35.5. The van der Waals surface area contributed by atoms with Crippen molar-refractivity contribution in [2.75, 3.05) is 7.11 Å². The summed E-state index contributed by atoms with van der Waals surface area (Å²) in [5.41, 5.74) is 1.78. The van der Waals surface area contributed by atoms with Gasteiger partial charge in [-0.05, 0) is 42.8 Å². The minimum atomic E-state index is -0.578. The van der Waals surface area contributed by atoms with Gasteiger partial charge in [-0.2, -0.15) is 0 Å². The lowest BCUT2D eigenvalue weighted by Crippen LogP contribution is -2.31. The smallest absolute Gasteiger partial charge is 0.137 e.